The topological polar surface area (TPSA) is 38.0 Å². The van der Waals surface area contributed by atoms with Gasteiger partial charge in [0.25, 0.3) is 0 Å². The third-order valence-corrected chi connectivity index (χ3v) is 3.93. The lowest BCUT2D eigenvalue weighted by Gasteiger charge is -2.34. The second-order valence-corrected chi connectivity index (χ2v) is 5.78. The van der Waals surface area contributed by atoms with Crippen LogP contribution in [0.2, 0.25) is 0 Å². The molecule has 0 aliphatic heterocycles. The predicted octanol–water partition coefficient (Wildman–Crippen LogP) is 3.63. The molecule has 4 heteroatoms. The summed E-state index contributed by atoms with van der Waals surface area (Å²) in [4.78, 5) is 0. The monoisotopic (exact) mass is 268 g/mol. The number of alkyl halides is 2. The Morgan fingerprint density at radius 2 is 1.89 bits per heavy atom. The Kier molecular flexibility index (Phi) is 4.21. The molecule has 3 N–H and O–H groups in total. The van der Waals surface area contributed by atoms with Crippen LogP contribution in [0.25, 0.3) is 0 Å². The van der Waals surface area contributed by atoms with Crippen molar-refractivity contribution in [2.24, 2.45) is 11.8 Å². The molecular weight excluding hydrogens is 246 g/mol. The van der Waals surface area contributed by atoms with Crippen molar-refractivity contribution < 1.29 is 8.78 Å². The van der Waals surface area contributed by atoms with Gasteiger partial charge in [0, 0.05) is 18.9 Å². The number of hydrazine groups is 1. The van der Waals surface area contributed by atoms with Gasteiger partial charge in [0.05, 0.1) is 0 Å². The molecule has 2 nitrogen and oxygen atoms in total. The number of rotatable bonds is 3. The fourth-order valence-corrected chi connectivity index (χ4v) is 3.19. The number of hydrogen-bond donors (Lipinski definition) is 2. The van der Waals surface area contributed by atoms with Crippen LogP contribution in [0.1, 0.15) is 48.4 Å². The van der Waals surface area contributed by atoms with Crippen LogP contribution in [-0.4, -0.2) is 5.92 Å². The molecule has 0 radical (unpaired) electrons. The van der Waals surface area contributed by atoms with Crippen molar-refractivity contribution in [3.05, 3.63) is 34.9 Å². The van der Waals surface area contributed by atoms with Crippen molar-refractivity contribution in [2.75, 3.05) is 0 Å². The van der Waals surface area contributed by atoms with Gasteiger partial charge in [0.1, 0.15) is 0 Å². The number of aryl methyl sites for hydroxylation is 2. The summed E-state index contributed by atoms with van der Waals surface area (Å²) in [7, 11) is 0. The van der Waals surface area contributed by atoms with Gasteiger partial charge in [-0.2, -0.15) is 0 Å². The molecule has 0 bridgehead atoms. The Morgan fingerprint density at radius 3 is 2.42 bits per heavy atom. The molecule has 0 saturated heterocycles. The van der Waals surface area contributed by atoms with Gasteiger partial charge in [0.15, 0.2) is 0 Å². The number of hydrogen-bond acceptors (Lipinski definition) is 2. The molecule has 2 atom stereocenters. The Balaban J connectivity index is 2.23. The molecule has 0 amide bonds. The number of nitrogens with one attached hydrogen (secondary N) is 1. The molecule has 2 rings (SSSR count). The first kappa shape index (κ1) is 14.4. The summed E-state index contributed by atoms with van der Waals surface area (Å²) >= 11 is 0. The normalized spacial score (nSPS) is 24.2. The smallest absolute Gasteiger partial charge is 0.248 e. The molecule has 2 unspecified atom stereocenters. The van der Waals surface area contributed by atoms with Crippen molar-refractivity contribution in [1.82, 2.24) is 5.43 Å². The van der Waals surface area contributed by atoms with E-state index < -0.39 is 5.92 Å². The van der Waals surface area contributed by atoms with Crippen molar-refractivity contribution in [1.29, 1.82) is 0 Å². The van der Waals surface area contributed by atoms with E-state index in [1.807, 2.05) is 26.0 Å². The molecule has 1 aromatic rings. The number of benzene rings is 1. The van der Waals surface area contributed by atoms with E-state index >= 15 is 0 Å². The predicted molar refractivity (Wildman–Crippen MR) is 72.9 cm³/mol. The lowest BCUT2D eigenvalue weighted by molar-refractivity contribution is -0.0584. The van der Waals surface area contributed by atoms with Crippen LogP contribution in [-0.2, 0) is 0 Å². The third kappa shape index (κ3) is 3.51. The highest BCUT2D eigenvalue weighted by atomic mass is 19.3. The van der Waals surface area contributed by atoms with Crippen molar-refractivity contribution in [2.45, 2.75) is 51.5 Å². The van der Waals surface area contributed by atoms with Crippen molar-refractivity contribution >= 4 is 0 Å². The molecule has 1 aliphatic carbocycles. The summed E-state index contributed by atoms with van der Waals surface area (Å²) in [6.45, 7) is 4.03. The largest absolute Gasteiger partial charge is 0.271 e. The van der Waals surface area contributed by atoms with Crippen LogP contribution in [0.15, 0.2) is 18.2 Å². The Morgan fingerprint density at radius 1 is 1.26 bits per heavy atom. The number of nitrogens with two attached hydrogens (primary N) is 1. The van der Waals surface area contributed by atoms with Gasteiger partial charge in [-0.15, -0.1) is 0 Å². The summed E-state index contributed by atoms with van der Waals surface area (Å²) in [5, 5.41) is 0. The van der Waals surface area contributed by atoms with Crippen LogP contribution in [0.5, 0.6) is 0 Å². The molecule has 1 fully saturated rings. The standard InChI is InChI=1S/C15H22F2N2/c1-10-6-11(2)8-13(7-10)14(19-18)12-4-3-5-15(16,17)9-12/h6-8,12,14,19H,3-5,9,18H2,1-2H3. The molecule has 1 saturated carbocycles. The van der Waals surface area contributed by atoms with E-state index in [-0.39, 0.29) is 24.8 Å². The SMILES string of the molecule is Cc1cc(C)cc(C(NN)C2CCCC(F)(F)C2)c1. The van der Waals surface area contributed by atoms with Gasteiger partial charge >= 0.3 is 0 Å². The fourth-order valence-electron chi connectivity index (χ4n) is 3.19. The van der Waals surface area contributed by atoms with Crippen LogP contribution >= 0.6 is 0 Å². The Labute approximate surface area is 113 Å². The minimum Gasteiger partial charge on any atom is -0.271 e. The summed E-state index contributed by atoms with van der Waals surface area (Å²) in [5.74, 6) is 2.98. The Bertz CT molecular complexity index is 426. The molecule has 1 aliphatic rings. The lowest BCUT2D eigenvalue weighted by Crippen LogP contribution is -2.38. The number of halogens is 2. The van der Waals surface area contributed by atoms with Crippen LogP contribution in [0, 0.1) is 19.8 Å². The molecular formula is C15H22F2N2. The summed E-state index contributed by atoms with van der Waals surface area (Å²) in [5.41, 5.74) is 6.04. The van der Waals surface area contributed by atoms with Gasteiger partial charge in [-0.05, 0) is 38.2 Å². The van der Waals surface area contributed by atoms with Gasteiger partial charge in [-0.25, -0.2) is 8.78 Å². The zero-order valence-corrected chi connectivity index (χ0v) is 11.5. The molecule has 106 valence electrons. The first-order valence-electron chi connectivity index (χ1n) is 6.83. The van der Waals surface area contributed by atoms with Gasteiger partial charge in [0.2, 0.25) is 5.92 Å². The highest BCUT2D eigenvalue weighted by Gasteiger charge is 2.39. The van der Waals surface area contributed by atoms with E-state index in [0.717, 1.165) is 23.1 Å². The average molecular weight is 268 g/mol. The third-order valence-electron chi connectivity index (χ3n) is 3.93. The molecule has 1 aromatic carbocycles. The summed E-state index contributed by atoms with van der Waals surface area (Å²) < 4.78 is 27.1. The summed E-state index contributed by atoms with van der Waals surface area (Å²) in [6.07, 6.45) is 1.31. The maximum absolute atomic E-state index is 13.6. The zero-order valence-electron chi connectivity index (χ0n) is 11.5. The highest BCUT2D eigenvalue weighted by Crippen LogP contribution is 2.42. The first-order chi connectivity index (χ1) is 8.91. The van der Waals surface area contributed by atoms with Crippen LogP contribution in [0.3, 0.4) is 0 Å². The van der Waals surface area contributed by atoms with E-state index in [9.17, 15) is 8.78 Å². The van der Waals surface area contributed by atoms with E-state index in [1.54, 1.807) is 0 Å². The zero-order chi connectivity index (χ0) is 14.0. The van der Waals surface area contributed by atoms with E-state index in [0.29, 0.717) is 6.42 Å². The molecule has 19 heavy (non-hydrogen) atoms. The van der Waals surface area contributed by atoms with E-state index in [2.05, 4.69) is 11.5 Å². The summed E-state index contributed by atoms with van der Waals surface area (Å²) in [6, 6.07) is 5.95. The second-order valence-electron chi connectivity index (χ2n) is 5.78. The van der Waals surface area contributed by atoms with Crippen LogP contribution in [0.4, 0.5) is 8.78 Å². The van der Waals surface area contributed by atoms with Crippen LogP contribution < -0.4 is 11.3 Å². The minimum atomic E-state index is -2.54. The fraction of sp³-hybridized carbons (Fsp3) is 0.600. The maximum Gasteiger partial charge on any atom is 0.248 e. The van der Waals surface area contributed by atoms with Gasteiger partial charge in [-0.3, -0.25) is 11.3 Å². The molecule has 0 spiro atoms. The van der Waals surface area contributed by atoms with Gasteiger partial charge < -0.3 is 0 Å². The average Bonchev–Trinajstić information content (AvgIpc) is 2.27. The highest BCUT2D eigenvalue weighted by molar-refractivity contribution is 5.31. The van der Waals surface area contributed by atoms with Gasteiger partial charge in [-0.1, -0.05) is 29.3 Å². The molecule has 0 heterocycles. The first-order valence-corrected chi connectivity index (χ1v) is 6.83. The van der Waals surface area contributed by atoms with E-state index in [4.69, 9.17) is 5.84 Å². The quantitative estimate of drug-likeness (QED) is 0.649. The van der Waals surface area contributed by atoms with Crippen molar-refractivity contribution in [3.8, 4) is 0 Å². The maximum atomic E-state index is 13.6. The molecule has 0 aromatic heterocycles. The second kappa shape index (κ2) is 5.55. The lowest BCUT2D eigenvalue weighted by atomic mass is 9.79. The minimum absolute atomic E-state index is 0.00758. The van der Waals surface area contributed by atoms with Crippen molar-refractivity contribution in [3.63, 3.8) is 0 Å². The Hall–Kier alpha value is -1.00. The van der Waals surface area contributed by atoms with E-state index in [1.165, 1.54) is 0 Å².